The molecule has 52 heavy (non-hydrogen) atoms. The molecular weight excluding hydrogens is 681 g/mol. The molecule has 14 heteroatoms. The molecule has 11 nitrogen and oxygen atoms in total. The van der Waals surface area contributed by atoms with Crippen LogP contribution in [0.25, 0.3) is 0 Å². The first kappa shape index (κ1) is 38.7. The molecule has 4 atom stereocenters. The van der Waals surface area contributed by atoms with E-state index < -0.39 is 29.7 Å². The van der Waals surface area contributed by atoms with Crippen molar-refractivity contribution in [2.24, 2.45) is 5.92 Å². The van der Waals surface area contributed by atoms with Crippen LogP contribution in [0.3, 0.4) is 0 Å². The zero-order valence-electron chi connectivity index (χ0n) is 29.9. The lowest BCUT2D eigenvalue weighted by Gasteiger charge is -2.36. The molecule has 2 heterocycles. The summed E-state index contributed by atoms with van der Waals surface area (Å²) in [5.41, 5.74) is 0.854. The summed E-state index contributed by atoms with van der Waals surface area (Å²) in [5, 5.41) is 15.4. The average molecular weight is 729 g/mol. The Morgan fingerprint density at radius 1 is 0.981 bits per heavy atom. The predicted octanol–water partition coefficient (Wildman–Crippen LogP) is 7.01. The molecule has 5 rings (SSSR count). The van der Waals surface area contributed by atoms with Crippen molar-refractivity contribution in [3.05, 3.63) is 77.4 Å². The number of fused-ring (bicyclic) bond motifs is 2. The number of likely N-dealkylation sites (N-methyl/N-ethyl adjacent to an activating group) is 1. The summed E-state index contributed by atoms with van der Waals surface area (Å²) in [6.07, 6.45) is -2.59. The van der Waals surface area contributed by atoms with Gasteiger partial charge in [-0.25, -0.2) is 4.79 Å². The molecule has 282 valence electrons. The number of amides is 3. The van der Waals surface area contributed by atoms with Crippen molar-refractivity contribution in [3.8, 4) is 17.2 Å². The van der Waals surface area contributed by atoms with Crippen molar-refractivity contribution in [1.82, 2.24) is 9.80 Å². The second-order valence-electron chi connectivity index (χ2n) is 13.5. The molecule has 3 amide bonds. The van der Waals surface area contributed by atoms with E-state index in [1.54, 1.807) is 24.0 Å². The highest BCUT2D eigenvalue weighted by atomic mass is 19.4. The number of hydrogen-bond acceptors (Lipinski definition) is 8. The van der Waals surface area contributed by atoms with Crippen LogP contribution in [0.5, 0.6) is 17.2 Å². The van der Waals surface area contributed by atoms with Crippen molar-refractivity contribution in [2.75, 3.05) is 50.8 Å². The summed E-state index contributed by atoms with van der Waals surface area (Å²) in [6, 6.07) is 13.4. The molecule has 0 aromatic heterocycles. The molecule has 2 aliphatic rings. The van der Waals surface area contributed by atoms with E-state index in [0.29, 0.717) is 31.9 Å². The van der Waals surface area contributed by atoms with E-state index in [1.165, 1.54) is 6.07 Å². The second kappa shape index (κ2) is 17.3. The largest absolute Gasteiger partial charge is 0.490 e. The van der Waals surface area contributed by atoms with Gasteiger partial charge in [-0.15, -0.1) is 0 Å². The lowest BCUT2D eigenvalue weighted by molar-refractivity contribution is -0.137. The van der Waals surface area contributed by atoms with Crippen molar-refractivity contribution in [2.45, 2.75) is 71.0 Å². The van der Waals surface area contributed by atoms with Crippen molar-refractivity contribution in [3.63, 3.8) is 0 Å². The van der Waals surface area contributed by atoms with E-state index in [4.69, 9.17) is 18.9 Å². The van der Waals surface area contributed by atoms with Crippen LogP contribution < -0.4 is 24.8 Å². The van der Waals surface area contributed by atoms with Crippen LogP contribution in [0.15, 0.2) is 60.7 Å². The number of nitrogens with one attached hydrogen (secondary N) is 2. The number of ether oxygens (including phenoxy) is 4. The van der Waals surface area contributed by atoms with Gasteiger partial charge >= 0.3 is 12.2 Å². The SMILES string of the molecule is C[C@@H]1CCCCO[C@@H](CN(C)Cc2ccc3c(c2)OCO3)[C@H](C)CN([C@@H](C)CO)C(=O)c2cc(NC(=O)Nc3ccc(C(F)(F)F)cc3)ccc2O1. The molecule has 0 fully saturated rings. The molecule has 3 aromatic carbocycles. The van der Waals surface area contributed by atoms with Gasteiger partial charge in [-0.3, -0.25) is 9.69 Å². The minimum Gasteiger partial charge on any atom is -0.490 e. The number of alkyl halides is 3. The van der Waals surface area contributed by atoms with Gasteiger partial charge in [0.1, 0.15) is 5.75 Å². The normalized spacial score (nSPS) is 20.4. The lowest BCUT2D eigenvalue weighted by Crippen LogP contribution is -2.47. The number of rotatable bonds is 8. The van der Waals surface area contributed by atoms with Gasteiger partial charge in [-0.05, 0) is 100 Å². The Bertz CT molecular complexity index is 1670. The Labute approximate surface area is 302 Å². The third-order valence-corrected chi connectivity index (χ3v) is 9.16. The number of carbonyl (C=O) groups is 2. The van der Waals surface area contributed by atoms with E-state index in [0.717, 1.165) is 54.2 Å². The molecule has 0 aliphatic carbocycles. The molecule has 0 saturated heterocycles. The monoisotopic (exact) mass is 728 g/mol. The fourth-order valence-corrected chi connectivity index (χ4v) is 6.22. The van der Waals surface area contributed by atoms with Crippen LogP contribution in [0.4, 0.5) is 29.3 Å². The van der Waals surface area contributed by atoms with E-state index >= 15 is 0 Å². The standard InChI is InChI=1S/C38H47F3N4O7/c1-24-19-45(25(2)22-46)36(47)31-18-30(43-37(48)42-29-11-9-28(10-12-29)38(39,40)41)13-15-32(31)52-26(3)7-5-6-16-49-35(24)21-44(4)20-27-8-14-33-34(17-27)51-23-50-33/h8-15,17-18,24-26,35,46H,5-7,16,19-23H2,1-4H3,(H2,42,43,48)/t24-,25+,26-,35+/m1/s1. The quantitative estimate of drug-likeness (QED) is 0.227. The Morgan fingerprint density at radius 2 is 1.67 bits per heavy atom. The highest BCUT2D eigenvalue weighted by Crippen LogP contribution is 2.34. The number of nitrogens with zero attached hydrogens (tertiary/aromatic N) is 2. The van der Waals surface area contributed by atoms with Crippen LogP contribution in [0.1, 0.15) is 61.5 Å². The first-order valence-corrected chi connectivity index (χ1v) is 17.5. The zero-order valence-corrected chi connectivity index (χ0v) is 29.9. The third-order valence-electron chi connectivity index (χ3n) is 9.16. The van der Waals surface area contributed by atoms with Gasteiger partial charge in [0.25, 0.3) is 5.91 Å². The fourth-order valence-electron chi connectivity index (χ4n) is 6.22. The highest BCUT2D eigenvalue weighted by Gasteiger charge is 2.32. The van der Waals surface area contributed by atoms with E-state index in [1.807, 2.05) is 39.1 Å². The number of anilines is 2. The van der Waals surface area contributed by atoms with Gasteiger partial charge in [0, 0.05) is 43.5 Å². The van der Waals surface area contributed by atoms with Gasteiger partial charge in [0.05, 0.1) is 36.0 Å². The maximum Gasteiger partial charge on any atom is 0.416 e. The minimum atomic E-state index is -4.50. The van der Waals surface area contributed by atoms with Gasteiger partial charge in [0.2, 0.25) is 6.79 Å². The highest BCUT2D eigenvalue weighted by molar-refractivity contribution is 6.02. The molecule has 0 unspecified atom stereocenters. The van der Waals surface area contributed by atoms with E-state index in [-0.39, 0.29) is 55.0 Å². The summed E-state index contributed by atoms with van der Waals surface area (Å²) in [5.74, 6) is 1.24. The number of carbonyl (C=O) groups excluding carboxylic acids is 2. The van der Waals surface area contributed by atoms with Crippen LogP contribution in [-0.4, -0.2) is 85.2 Å². The van der Waals surface area contributed by atoms with E-state index in [9.17, 15) is 27.9 Å². The summed E-state index contributed by atoms with van der Waals surface area (Å²) < 4.78 is 62.7. The van der Waals surface area contributed by atoms with Crippen molar-refractivity contribution >= 4 is 23.3 Å². The van der Waals surface area contributed by atoms with E-state index in [2.05, 4.69) is 15.5 Å². The van der Waals surface area contributed by atoms with Crippen LogP contribution in [-0.2, 0) is 17.5 Å². The topological polar surface area (TPSA) is 122 Å². The minimum absolute atomic E-state index is 0.140. The number of hydrogen-bond donors (Lipinski definition) is 3. The maximum absolute atomic E-state index is 14.4. The zero-order chi connectivity index (χ0) is 37.4. The molecule has 0 radical (unpaired) electrons. The first-order chi connectivity index (χ1) is 24.8. The van der Waals surface area contributed by atoms with Crippen LogP contribution in [0, 0.1) is 5.92 Å². The summed E-state index contributed by atoms with van der Waals surface area (Å²) in [4.78, 5) is 31.0. The molecule has 0 bridgehead atoms. The Hall–Kier alpha value is -4.53. The lowest BCUT2D eigenvalue weighted by atomic mass is 10.0. The van der Waals surface area contributed by atoms with Gasteiger partial charge < -0.3 is 39.6 Å². The molecular formula is C38H47F3N4O7. The predicted molar refractivity (Wildman–Crippen MR) is 190 cm³/mol. The molecule has 3 N–H and O–H groups in total. The third kappa shape index (κ3) is 10.3. The summed E-state index contributed by atoms with van der Waals surface area (Å²) in [7, 11) is 2.02. The van der Waals surface area contributed by atoms with Gasteiger partial charge in [-0.2, -0.15) is 13.2 Å². The Balaban J connectivity index is 1.34. The van der Waals surface area contributed by atoms with Crippen molar-refractivity contribution in [1.29, 1.82) is 0 Å². The molecule has 3 aromatic rings. The van der Waals surface area contributed by atoms with Crippen molar-refractivity contribution < 1.29 is 46.8 Å². The second-order valence-corrected chi connectivity index (χ2v) is 13.5. The summed E-state index contributed by atoms with van der Waals surface area (Å²) >= 11 is 0. The molecule has 0 spiro atoms. The number of halogens is 3. The summed E-state index contributed by atoms with van der Waals surface area (Å²) in [6.45, 7) is 7.68. The number of aliphatic hydroxyl groups is 1. The Kier molecular flexibility index (Phi) is 12.9. The number of benzene rings is 3. The van der Waals surface area contributed by atoms with Gasteiger partial charge in [-0.1, -0.05) is 13.0 Å². The average Bonchev–Trinajstić information content (AvgIpc) is 3.57. The van der Waals surface area contributed by atoms with Crippen LogP contribution in [0.2, 0.25) is 0 Å². The van der Waals surface area contributed by atoms with Crippen LogP contribution >= 0.6 is 0 Å². The smallest absolute Gasteiger partial charge is 0.416 e. The fraction of sp³-hybridized carbons (Fsp3) is 0.474. The Morgan fingerprint density at radius 3 is 2.40 bits per heavy atom. The number of aliphatic hydroxyl groups excluding tert-OH is 1. The first-order valence-electron chi connectivity index (χ1n) is 17.5. The molecule has 0 saturated carbocycles. The maximum atomic E-state index is 14.4. The van der Waals surface area contributed by atoms with Gasteiger partial charge in [0.15, 0.2) is 11.5 Å². The molecule has 2 aliphatic heterocycles. The number of urea groups is 1.